The lowest BCUT2D eigenvalue weighted by Gasteiger charge is -2.18. The Kier molecular flexibility index (Phi) is 5.72. The molecule has 2 rings (SSSR count). The predicted octanol–water partition coefficient (Wildman–Crippen LogP) is 3.11. The van der Waals surface area contributed by atoms with Crippen molar-refractivity contribution in [3.05, 3.63) is 71.8 Å². The zero-order valence-electron chi connectivity index (χ0n) is 12.5. The van der Waals surface area contributed by atoms with Crippen LogP contribution in [0.2, 0.25) is 0 Å². The van der Waals surface area contributed by atoms with Gasteiger partial charge >= 0.3 is 5.97 Å². The van der Waals surface area contributed by atoms with Crippen molar-refractivity contribution in [1.82, 2.24) is 5.32 Å². The molecule has 22 heavy (non-hydrogen) atoms. The molecule has 4 nitrogen and oxygen atoms in total. The van der Waals surface area contributed by atoms with Crippen molar-refractivity contribution in [2.45, 2.75) is 19.4 Å². The van der Waals surface area contributed by atoms with Crippen LogP contribution in [0.4, 0.5) is 0 Å². The molecule has 0 aliphatic rings. The smallest absolute Gasteiger partial charge is 0.333 e. The highest BCUT2D eigenvalue weighted by atomic mass is 16.5. The van der Waals surface area contributed by atoms with E-state index < -0.39 is 12.0 Å². The molecule has 0 saturated carbocycles. The number of benzene rings is 2. The van der Waals surface area contributed by atoms with Gasteiger partial charge in [0.15, 0.2) is 6.04 Å². The Bertz CT molecular complexity index is 611. The summed E-state index contributed by atoms with van der Waals surface area (Å²) in [7, 11) is 0. The van der Waals surface area contributed by atoms with Crippen LogP contribution in [0.5, 0.6) is 0 Å². The molecule has 0 heterocycles. The molecule has 2 aromatic rings. The second kappa shape index (κ2) is 7.98. The van der Waals surface area contributed by atoms with Gasteiger partial charge in [-0.05, 0) is 24.1 Å². The number of rotatable bonds is 6. The normalized spacial score (nSPS) is 11.5. The fourth-order valence-corrected chi connectivity index (χ4v) is 2.01. The molecule has 0 aliphatic heterocycles. The third-order valence-electron chi connectivity index (χ3n) is 3.13. The Hall–Kier alpha value is -2.62. The van der Waals surface area contributed by atoms with Crippen LogP contribution in [0.15, 0.2) is 60.7 Å². The van der Waals surface area contributed by atoms with Gasteiger partial charge in [0.05, 0.1) is 6.61 Å². The highest BCUT2D eigenvalue weighted by molar-refractivity contribution is 5.97. The predicted molar refractivity (Wildman–Crippen MR) is 84.3 cm³/mol. The van der Waals surface area contributed by atoms with E-state index in [4.69, 9.17) is 4.74 Å². The van der Waals surface area contributed by atoms with Gasteiger partial charge in [0, 0.05) is 5.56 Å². The molecule has 0 saturated heterocycles. The van der Waals surface area contributed by atoms with Crippen molar-refractivity contribution in [3.63, 3.8) is 0 Å². The SMILES string of the molecule is CCCOC(=O)C(NC(=O)c1ccccc1)c1ccccc1. The summed E-state index contributed by atoms with van der Waals surface area (Å²) in [6.45, 7) is 2.26. The average molecular weight is 297 g/mol. The summed E-state index contributed by atoms with van der Waals surface area (Å²) in [5, 5.41) is 2.74. The highest BCUT2D eigenvalue weighted by Gasteiger charge is 2.24. The van der Waals surface area contributed by atoms with Crippen molar-refractivity contribution in [2.75, 3.05) is 6.61 Å². The number of ether oxygens (including phenoxy) is 1. The van der Waals surface area contributed by atoms with Crippen LogP contribution in [0, 0.1) is 0 Å². The maximum Gasteiger partial charge on any atom is 0.333 e. The van der Waals surface area contributed by atoms with E-state index in [2.05, 4.69) is 5.32 Å². The number of hydrogen-bond acceptors (Lipinski definition) is 3. The molecule has 0 fully saturated rings. The number of esters is 1. The first-order chi connectivity index (χ1) is 10.7. The lowest BCUT2D eigenvalue weighted by Crippen LogP contribution is -2.35. The van der Waals surface area contributed by atoms with E-state index >= 15 is 0 Å². The first kappa shape index (κ1) is 15.8. The molecule has 114 valence electrons. The Labute approximate surface area is 130 Å². The summed E-state index contributed by atoms with van der Waals surface area (Å²) in [6.07, 6.45) is 0.736. The van der Waals surface area contributed by atoms with E-state index in [1.165, 1.54) is 0 Å². The van der Waals surface area contributed by atoms with Gasteiger partial charge in [0.2, 0.25) is 0 Å². The van der Waals surface area contributed by atoms with Gasteiger partial charge in [-0.25, -0.2) is 4.79 Å². The molecule has 1 unspecified atom stereocenters. The summed E-state index contributed by atoms with van der Waals surface area (Å²) in [5.41, 5.74) is 1.21. The minimum Gasteiger partial charge on any atom is -0.464 e. The van der Waals surface area contributed by atoms with E-state index in [1.54, 1.807) is 36.4 Å². The molecule has 2 aromatic carbocycles. The summed E-state index contributed by atoms with van der Waals surface area (Å²) >= 11 is 0. The molecule has 1 atom stereocenters. The van der Waals surface area contributed by atoms with Gasteiger partial charge < -0.3 is 10.1 Å². The Morgan fingerprint density at radius 1 is 1.00 bits per heavy atom. The topological polar surface area (TPSA) is 55.4 Å². The summed E-state index contributed by atoms with van der Waals surface area (Å²) in [4.78, 5) is 24.5. The van der Waals surface area contributed by atoms with Gasteiger partial charge in [-0.1, -0.05) is 55.5 Å². The zero-order chi connectivity index (χ0) is 15.8. The van der Waals surface area contributed by atoms with E-state index in [0.29, 0.717) is 17.7 Å². The van der Waals surface area contributed by atoms with Crippen LogP contribution in [0.3, 0.4) is 0 Å². The Morgan fingerprint density at radius 2 is 1.59 bits per heavy atom. The molecule has 1 N–H and O–H groups in total. The highest BCUT2D eigenvalue weighted by Crippen LogP contribution is 2.15. The standard InChI is InChI=1S/C18H19NO3/c1-2-13-22-18(21)16(14-9-5-3-6-10-14)19-17(20)15-11-7-4-8-12-15/h3-12,16H,2,13H2,1H3,(H,19,20). The van der Waals surface area contributed by atoms with Crippen molar-refractivity contribution >= 4 is 11.9 Å². The third kappa shape index (κ3) is 4.19. The molecule has 0 bridgehead atoms. The van der Waals surface area contributed by atoms with E-state index in [-0.39, 0.29) is 5.91 Å². The molecular formula is C18H19NO3. The van der Waals surface area contributed by atoms with Crippen LogP contribution in [-0.2, 0) is 9.53 Å². The van der Waals surface area contributed by atoms with E-state index in [1.807, 2.05) is 31.2 Å². The second-order valence-electron chi connectivity index (χ2n) is 4.85. The summed E-state index contributed by atoms with van der Waals surface area (Å²) in [6, 6.07) is 17.1. The van der Waals surface area contributed by atoms with Gasteiger partial charge in [0.1, 0.15) is 0 Å². The minimum atomic E-state index is -0.805. The molecule has 0 spiro atoms. The van der Waals surface area contributed by atoms with Crippen molar-refractivity contribution < 1.29 is 14.3 Å². The zero-order valence-corrected chi connectivity index (χ0v) is 12.5. The van der Waals surface area contributed by atoms with Crippen molar-refractivity contribution in [1.29, 1.82) is 0 Å². The summed E-state index contributed by atoms with van der Waals surface area (Å²) in [5.74, 6) is -0.750. The summed E-state index contributed by atoms with van der Waals surface area (Å²) < 4.78 is 5.19. The van der Waals surface area contributed by atoms with Gasteiger partial charge in [-0.2, -0.15) is 0 Å². The fraction of sp³-hybridized carbons (Fsp3) is 0.222. The van der Waals surface area contributed by atoms with Gasteiger partial charge in [-0.15, -0.1) is 0 Å². The van der Waals surface area contributed by atoms with Crippen LogP contribution >= 0.6 is 0 Å². The second-order valence-corrected chi connectivity index (χ2v) is 4.85. The third-order valence-corrected chi connectivity index (χ3v) is 3.13. The maximum atomic E-state index is 12.3. The van der Waals surface area contributed by atoms with Crippen LogP contribution in [0.1, 0.15) is 35.3 Å². The van der Waals surface area contributed by atoms with Gasteiger partial charge in [-0.3, -0.25) is 4.79 Å². The fourth-order valence-electron chi connectivity index (χ4n) is 2.01. The number of amides is 1. The number of nitrogens with one attached hydrogen (secondary N) is 1. The van der Waals surface area contributed by atoms with Crippen LogP contribution in [-0.4, -0.2) is 18.5 Å². The molecule has 0 aliphatic carbocycles. The number of hydrogen-bond donors (Lipinski definition) is 1. The number of carbonyl (C=O) groups excluding carboxylic acids is 2. The van der Waals surface area contributed by atoms with Crippen molar-refractivity contribution in [2.24, 2.45) is 0 Å². The first-order valence-electron chi connectivity index (χ1n) is 7.30. The molecule has 0 aromatic heterocycles. The van der Waals surface area contributed by atoms with Crippen molar-refractivity contribution in [3.8, 4) is 0 Å². The lowest BCUT2D eigenvalue weighted by molar-refractivity contribution is -0.146. The largest absolute Gasteiger partial charge is 0.464 e. The quantitative estimate of drug-likeness (QED) is 0.834. The Morgan fingerprint density at radius 3 is 2.18 bits per heavy atom. The lowest BCUT2D eigenvalue weighted by atomic mass is 10.1. The Balaban J connectivity index is 2.18. The maximum absolute atomic E-state index is 12.3. The monoisotopic (exact) mass is 297 g/mol. The van der Waals surface area contributed by atoms with Crippen LogP contribution < -0.4 is 5.32 Å². The first-order valence-corrected chi connectivity index (χ1v) is 7.30. The molecule has 1 amide bonds. The number of carbonyl (C=O) groups is 2. The molecule has 0 radical (unpaired) electrons. The van der Waals surface area contributed by atoms with Crippen LogP contribution in [0.25, 0.3) is 0 Å². The van der Waals surface area contributed by atoms with E-state index in [9.17, 15) is 9.59 Å². The van der Waals surface area contributed by atoms with Gasteiger partial charge in [0.25, 0.3) is 5.91 Å². The molecular weight excluding hydrogens is 278 g/mol. The minimum absolute atomic E-state index is 0.303. The van der Waals surface area contributed by atoms with E-state index in [0.717, 1.165) is 6.42 Å². The molecule has 4 heteroatoms. The average Bonchev–Trinajstić information content (AvgIpc) is 2.59.